The number of methoxy groups -OCH3 is 1. The van der Waals surface area contributed by atoms with E-state index in [1.807, 2.05) is 20.8 Å². The first-order valence-electron chi connectivity index (χ1n) is 5.53. The van der Waals surface area contributed by atoms with E-state index in [4.69, 9.17) is 9.84 Å². The first-order valence-corrected chi connectivity index (χ1v) is 5.53. The minimum Gasteiger partial charge on any atom is -0.396 e. The third kappa shape index (κ3) is 8.64. The summed E-state index contributed by atoms with van der Waals surface area (Å²) in [5, 5.41) is 14.7. The van der Waals surface area contributed by atoms with E-state index in [1.54, 1.807) is 7.11 Å². The quantitative estimate of drug-likeness (QED) is 0.573. The van der Waals surface area contributed by atoms with Gasteiger partial charge in [0.25, 0.3) is 0 Å². The Morgan fingerprint density at radius 3 is 2.50 bits per heavy atom. The smallest absolute Gasteiger partial charge is 0.234 e. The molecule has 0 spiro atoms. The molecule has 0 bridgehead atoms. The number of nitrogens with one attached hydrogen (secondary N) is 2. The van der Waals surface area contributed by atoms with Gasteiger partial charge in [-0.2, -0.15) is 0 Å². The highest BCUT2D eigenvalue weighted by atomic mass is 16.5. The number of aliphatic hydroxyl groups is 1. The molecule has 0 aromatic heterocycles. The van der Waals surface area contributed by atoms with E-state index in [0.717, 1.165) is 0 Å². The second kappa shape index (κ2) is 7.60. The maximum Gasteiger partial charge on any atom is 0.234 e. The number of ether oxygens (including phenoxy) is 1. The number of aliphatic hydroxyl groups excluding tert-OH is 1. The molecule has 5 nitrogen and oxygen atoms in total. The van der Waals surface area contributed by atoms with Crippen LogP contribution in [0.15, 0.2) is 0 Å². The second-order valence-corrected chi connectivity index (χ2v) is 4.84. The van der Waals surface area contributed by atoms with Crippen LogP contribution >= 0.6 is 0 Å². The lowest BCUT2D eigenvalue weighted by Gasteiger charge is -2.22. The summed E-state index contributed by atoms with van der Waals surface area (Å²) in [5.74, 6) is -0.0783. The van der Waals surface area contributed by atoms with Gasteiger partial charge < -0.3 is 20.5 Å². The van der Waals surface area contributed by atoms with Crippen LogP contribution in [-0.2, 0) is 9.53 Å². The van der Waals surface area contributed by atoms with Gasteiger partial charge in [-0.1, -0.05) is 0 Å². The molecule has 0 rings (SSSR count). The molecule has 0 saturated heterocycles. The summed E-state index contributed by atoms with van der Waals surface area (Å²) >= 11 is 0. The summed E-state index contributed by atoms with van der Waals surface area (Å²) < 4.78 is 4.96. The van der Waals surface area contributed by atoms with E-state index in [2.05, 4.69) is 10.6 Å². The summed E-state index contributed by atoms with van der Waals surface area (Å²) in [6.45, 7) is 6.74. The van der Waals surface area contributed by atoms with E-state index in [9.17, 15) is 4.79 Å². The molecule has 0 aliphatic rings. The molecule has 0 aromatic carbocycles. The monoisotopic (exact) mass is 232 g/mol. The van der Waals surface area contributed by atoms with Crippen molar-refractivity contribution in [2.75, 3.05) is 26.9 Å². The van der Waals surface area contributed by atoms with Gasteiger partial charge in [-0.05, 0) is 27.2 Å². The minimum absolute atomic E-state index is 0.0427. The van der Waals surface area contributed by atoms with Crippen LogP contribution < -0.4 is 10.6 Å². The summed E-state index contributed by atoms with van der Waals surface area (Å²) in [6.07, 6.45) is 0.509. The summed E-state index contributed by atoms with van der Waals surface area (Å²) in [7, 11) is 1.57. The lowest BCUT2D eigenvalue weighted by atomic mass is 10.1. The van der Waals surface area contributed by atoms with Crippen molar-refractivity contribution in [1.82, 2.24) is 10.6 Å². The fourth-order valence-electron chi connectivity index (χ4n) is 1.18. The van der Waals surface area contributed by atoms with Crippen LogP contribution in [0.5, 0.6) is 0 Å². The molecule has 3 N–H and O–H groups in total. The number of amides is 1. The molecule has 96 valence electrons. The number of carbonyl (C=O) groups is 1. The van der Waals surface area contributed by atoms with Crippen molar-refractivity contribution in [2.24, 2.45) is 0 Å². The summed E-state index contributed by atoms with van der Waals surface area (Å²) in [4.78, 5) is 11.5. The minimum atomic E-state index is -0.121. The average molecular weight is 232 g/mol. The molecule has 0 heterocycles. The Morgan fingerprint density at radius 2 is 2.06 bits per heavy atom. The van der Waals surface area contributed by atoms with Crippen molar-refractivity contribution in [3.8, 4) is 0 Å². The predicted octanol–water partition coefficient (Wildman–Crippen LogP) is -0.112. The van der Waals surface area contributed by atoms with Crippen LogP contribution in [0.2, 0.25) is 0 Å². The standard InChI is InChI=1S/C11H24N2O3/c1-11(2,3)12-7-10(15)13-9(5-6-14)8-16-4/h9,12,14H,5-8H2,1-4H3,(H,13,15). The van der Waals surface area contributed by atoms with Gasteiger partial charge in [0.2, 0.25) is 5.91 Å². The molecule has 1 amide bonds. The fraction of sp³-hybridized carbons (Fsp3) is 0.909. The van der Waals surface area contributed by atoms with Gasteiger partial charge in [0, 0.05) is 19.3 Å². The molecule has 1 unspecified atom stereocenters. The van der Waals surface area contributed by atoms with E-state index in [-0.39, 0.29) is 30.6 Å². The molecule has 5 heteroatoms. The van der Waals surface area contributed by atoms with Crippen LogP contribution in [0.25, 0.3) is 0 Å². The van der Waals surface area contributed by atoms with E-state index < -0.39 is 0 Å². The number of hydrogen-bond donors (Lipinski definition) is 3. The SMILES string of the molecule is COCC(CCO)NC(=O)CNC(C)(C)C. The Labute approximate surface area is 97.6 Å². The Kier molecular flexibility index (Phi) is 7.29. The van der Waals surface area contributed by atoms with Gasteiger partial charge in [-0.15, -0.1) is 0 Å². The Hall–Kier alpha value is -0.650. The topological polar surface area (TPSA) is 70.6 Å². The third-order valence-electron chi connectivity index (χ3n) is 1.99. The highest BCUT2D eigenvalue weighted by Gasteiger charge is 2.14. The molecular formula is C11H24N2O3. The third-order valence-corrected chi connectivity index (χ3v) is 1.99. The number of rotatable bonds is 7. The molecule has 16 heavy (non-hydrogen) atoms. The molecule has 0 aromatic rings. The zero-order valence-corrected chi connectivity index (χ0v) is 10.7. The second-order valence-electron chi connectivity index (χ2n) is 4.84. The molecular weight excluding hydrogens is 208 g/mol. The van der Waals surface area contributed by atoms with Crippen LogP contribution in [-0.4, -0.2) is 49.5 Å². The molecule has 0 fully saturated rings. The largest absolute Gasteiger partial charge is 0.396 e. The van der Waals surface area contributed by atoms with Gasteiger partial charge >= 0.3 is 0 Å². The highest BCUT2D eigenvalue weighted by molar-refractivity contribution is 5.78. The number of hydrogen-bond acceptors (Lipinski definition) is 4. The fourth-order valence-corrected chi connectivity index (χ4v) is 1.18. The Balaban J connectivity index is 3.90. The normalized spacial score (nSPS) is 13.6. The molecule has 0 aliphatic heterocycles. The van der Waals surface area contributed by atoms with Crippen LogP contribution in [0.4, 0.5) is 0 Å². The first kappa shape index (κ1) is 15.3. The Morgan fingerprint density at radius 1 is 1.44 bits per heavy atom. The summed E-state index contributed by atoms with van der Waals surface area (Å²) in [5.41, 5.74) is -0.0783. The highest BCUT2D eigenvalue weighted by Crippen LogP contribution is 1.97. The lowest BCUT2D eigenvalue weighted by molar-refractivity contribution is -0.121. The van der Waals surface area contributed by atoms with Crippen LogP contribution in [0, 0.1) is 0 Å². The van der Waals surface area contributed by atoms with Crippen molar-refractivity contribution < 1.29 is 14.6 Å². The zero-order chi connectivity index (χ0) is 12.6. The van der Waals surface area contributed by atoms with Gasteiger partial charge in [-0.25, -0.2) is 0 Å². The average Bonchev–Trinajstić information content (AvgIpc) is 2.14. The van der Waals surface area contributed by atoms with Crippen molar-refractivity contribution in [2.45, 2.75) is 38.8 Å². The molecule has 1 atom stereocenters. The van der Waals surface area contributed by atoms with Crippen LogP contribution in [0.1, 0.15) is 27.2 Å². The zero-order valence-electron chi connectivity index (χ0n) is 10.7. The van der Waals surface area contributed by atoms with Crippen molar-refractivity contribution in [3.63, 3.8) is 0 Å². The van der Waals surface area contributed by atoms with Crippen molar-refractivity contribution in [3.05, 3.63) is 0 Å². The lowest BCUT2D eigenvalue weighted by Crippen LogP contribution is -2.47. The summed E-state index contributed by atoms with van der Waals surface area (Å²) in [6, 6.07) is -0.121. The number of carbonyl (C=O) groups excluding carboxylic acids is 1. The maximum absolute atomic E-state index is 11.5. The van der Waals surface area contributed by atoms with E-state index in [1.165, 1.54) is 0 Å². The molecule has 0 radical (unpaired) electrons. The molecule has 0 saturated carbocycles. The van der Waals surface area contributed by atoms with E-state index in [0.29, 0.717) is 13.0 Å². The van der Waals surface area contributed by atoms with Gasteiger partial charge in [-0.3, -0.25) is 4.79 Å². The van der Waals surface area contributed by atoms with E-state index >= 15 is 0 Å². The van der Waals surface area contributed by atoms with Gasteiger partial charge in [0.15, 0.2) is 0 Å². The first-order chi connectivity index (χ1) is 7.39. The van der Waals surface area contributed by atoms with Crippen molar-refractivity contribution >= 4 is 5.91 Å². The van der Waals surface area contributed by atoms with Gasteiger partial charge in [0.05, 0.1) is 19.2 Å². The predicted molar refractivity (Wildman–Crippen MR) is 63.3 cm³/mol. The Bertz CT molecular complexity index is 196. The van der Waals surface area contributed by atoms with Gasteiger partial charge in [0.1, 0.15) is 0 Å². The van der Waals surface area contributed by atoms with Crippen molar-refractivity contribution in [1.29, 1.82) is 0 Å². The van der Waals surface area contributed by atoms with Crippen LogP contribution in [0.3, 0.4) is 0 Å². The molecule has 0 aliphatic carbocycles. The maximum atomic E-state index is 11.5.